The van der Waals surface area contributed by atoms with E-state index in [4.69, 9.17) is 5.21 Å². The van der Waals surface area contributed by atoms with Gasteiger partial charge in [0, 0.05) is 36.8 Å². The molecule has 1 aliphatic heterocycles. The highest BCUT2D eigenvalue weighted by Crippen LogP contribution is 2.35. The molecule has 0 spiro atoms. The van der Waals surface area contributed by atoms with Crippen LogP contribution in [0.25, 0.3) is 0 Å². The summed E-state index contributed by atoms with van der Waals surface area (Å²) in [7, 11) is 0. The van der Waals surface area contributed by atoms with Crippen LogP contribution < -0.4 is 10.8 Å². The number of nitrogens with zero attached hydrogens (tertiary/aromatic N) is 1. The number of hydrogen-bond donors (Lipinski definition) is 3. The van der Waals surface area contributed by atoms with Gasteiger partial charge in [0.15, 0.2) is 0 Å². The van der Waals surface area contributed by atoms with Crippen molar-refractivity contribution in [2.45, 2.75) is 83.5 Å². The number of carbonyl (C=O) groups is 1. The summed E-state index contributed by atoms with van der Waals surface area (Å²) in [5.41, 5.74) is 3.40. The largest absolute Gasteiger partial charge is 0.311 e. The van der Waals surface area contributed by atoms with E-state index in [0.717, 1.165) is 36.1 Å². The van der Waals surface area contributed by atoms with Gasteiger partial charge in [-0.3, -0.25) is 14.9 Å². The summed E-state index contributed by atoms with van der Waals surface area (Å²) in [6.07, 6.45) is 8.08. The van der Waals surface area contributed by atoms with Gasteiger partial charge in [0.25, 0.3) is 5.91 Å². The van der Waals surface area contributed by atoms with Gasteiger partial charge in [-0.1, -0.05) is 13.8 Å². The molecule has 4 rings (SSSR count). The van der Waals surface area contributed by atoms with Crippen molar-refractivity contribution in [3.63, 3.8) is 0 Å². The summed E-state index contributed by atoms with van der Waals surface area (Å²) in [5.74, 6) is 0.393. The number of halogens is 1. The molecule has 0 saturated heterocycles. The van der Waals surface area contributed by atoms with Crippen molar-refractivity contribution in [2.75, 3.05) is 6.54 Å². The molecule has 29 heavy (non-hydrogen) atoms. The Hall–Kier alpha value is -1.50. The summed E-state index contributed by atoms with van der Waals surface area (Å²) < 4.78 is 14.7. The molecule has 1 heterocycles. The summed E-state index contributed by atoms with van der Waals surface area (Å²) in [4.78, 5) is 14.3. The second-order valence-electron chi connectivity index (χ2n) is 9.55. The normalized spacial score (nSPS) is 30.1. The molecular weight excluding hydrogens is 369 g/mol. The molecule has 0 radical (unpaired) electrons. The van der Waals surface area contributed by atoms with Crippen LogP contribution in [-0.2, 0) is 13.0 Å². The molecule has 0 aromatic heterocycles. The quantitative estimate of drug-likeness (QED) is 0.501. The Kier molecular flexibility index (Phi) is 6.23. The number of amides is 1. The minimum absolute atomic E-state index is 0.179. The van der Waals surface area contributed by atoms with Crippen LogP contribution in [0.15, 0.2) is 12.1 Å². The van der Waals surface area contributed by atoms with Crippen LogP contribution in [-0.4, -0.2) is 40.7 Å². The zero-order valence-corrected chi connectivity index (χ0v) is 17.6. The van der Waals surface area contributed by atoms with E-state index in [0.29, 0.717) is 31.0 Å². The van der Waals surface area contributed by atoms with Gasteiger partial charge in [-0.05, 0) is 80.0 Å². The fourth-order valence-corrected chi connectivity index (χ4v) is 5.53. The first-order chi connectivity index (χ1) is 14.0. The number of hydrogen-bond acceptors (Lipinski definition) is 4. The summed E-state index contributed by atoms with van der Waals surface area (Å²) >= 11 is 0. The Labute approximate surface area is 173 Å². The fraction of sp³-hybridized carbons (Fsp3) is 0.696. The predicted octanol–water partition coefficient (Wildman–Crippen LogP) is 3.64. The maximum Gasteiger partial charge on any atom is 0.274 e. The topological polar surface area (TPSA) is 64.6 Å². The number of hydroxylamine groups is 1. The van der Waals surface area contributed by atoms with E-state index in [1.807, 2.05) is 0 Å². The number of fused-ring (bicyclic) bond motifs is 1. The highest BCUT2D eigenvalue weighted by molar-refractivity contribution is 5.93. The molecule has 4 unspecified atom stereocenters. The van der Waals surface area contributed by atoms with Gasteiger partial charge in [0.05, 0.1) is 0 Å². The number of carbonyl (C=O) groups excluding carboxylic acids is 1. The molecular formula is C23H34FN3O2. The Balaban J connectivity index is 1.49. The van der Waals surface area contributed by atoms with Crippen molar-refractivity contribution in [3.8, 4) is 0 Å². The Morgan fingerprint density at radius 1 is 1.24 bits per heavy atom. The van der Waals surface area contributed by atoms with Crippen molar-refractivity contribution in [3.05, 3.63) is 34.6 Å². The third-order valence-corrected chi connectivity index (χ3v) is 7.03. The molecule has 2 saturated carbocycles. The predicted molar refractivity (Wildman–Crippen MR) is 110 cm³/mol. The maximum absolute atomic E-state index is 14.7. The minimum atomic E-state index is -0.661. The Bertz CT molecular complexity index is 750. The van der Waals surface area contributed by atoms with Crippen molar-refractivity contribution >= 4 is 5.91 Å². The SMILES string of the molecule is CCC1Cc2c(F)cc(C(=O)NO)cc2CN1CC1CC(C)CC(NC2CC2)C1. The smallest absolute Gasteiger partial charge is 0.274 e. The van der Waals surface area contributed by atoms with Crippen LogP contribution in [0, 0.1) is 17.7 Å². The molecule has 2 fully saturated rings. The van der Waals surface area contributed by atoms with Crippen molar-refractivity contribution in [1.29, 1.82) is 0 Å². The van der Waals surface area contributed by atoms with Crippen LogP contribution in [0.2, 0.25) is 0 Å². The van der Waals surface area contributed by atoms with Crippen molar-refractivity contribution in [1.82, 2.24) is 15.7 Å². The molecule has 5 nitrogen and oxygen atoms in total. The highest BCUT2D eigenvalue weighted by atomic mass is 19.1. The maximum atomic E-state index is 14.7. The number of nitrogens with one attached hydrogen (secondary N) is 2. The first-order valence-electron chi connectivity index (χ1n) is 11.2. The van der Waals surface area contributed by atoms with E-state index < -0.39 is 5.91 Å². The van der Waals surface area contributed by atoms with E-state index in [-0.39, 0.29) is 11.4 Å². The van der Waals surface area contributed by atoms with E-state index in [2.05, 4.69) is 24.1 Å². The van der Waals surface area contributed by atoms with E-state index >= 15 is 0 Å². The third kappa shape index (κ3) is 4.81. The molecule has 160 valence electrons. The zero-order valence-electron chi connectivity index (χ0n) is 17.6. The van der Waals surface area contributed by atoms with Gasteiger partial charge in [0.2, 0.25) is 0 Å². The Morgan fingerprint density at radius 3 is 2.72 bits per heavy atom. The van der Waals surface area contributed by atoms with Gasteiger partial charge in [0.1, 0.15) is 5.82 Å². The van der Waals surface area contributed by atoms with E-state index in [9.17, 15) is 9.18 Å². The lowest BCUT2D eigenvalue weighted by atomic mass is 9.78. The molecule has 1 aromatic rings. The zero-order chi connectivity index (χ0) is 20.5. The molecule has 4 atom stereocenters. The summed E-state index contributed by atoms with van der Waals surface area (Å²) in [6, 6.07) is 4.69. The average Bonchev–Trinajstić information content (AvgIpc) is 3.50. The van der Waals surface area contributed by atoms with Crippen LogP contribution in [0.4, 0.5) is 4.39 Å². The monoisotopic (exact) mass is 403 g/mol. The van der Waals surface area contributed by atoms with E-state index in [1.54, 1.807) is 11.5 Å². The third-order valence-electron chi connectivity index (χ3n) is 7.03. The minimum Gasteiger partial charge on any atom is -0.311 e. The van der Waals surface area contributed by atoms with Crippen molar-refractivity contribution < 1.29 is 14.4 Å². The van der Waals surface area contributed by atoms with Gasteiger partial charge >= 0.3 is 0 Å². The lowest BCUT2D eigenvalue weighted by Crippen LogP contribution is -2.46. The number of rotatable bonds is 6. The molecule has 2 aliphatic carbocycles. The standard InChI is InChI=1S/C23H34FN3O2/c1-3-20-11-21-17(9-16(10-22(21)24)23(28)26-29)13-27(20)12-15-6-14(2)7-19(8-15)25-18-4-5-18/h9-10,14-15,18-20,25,29H,3-8,11-13H2,1-2H3,(H,26,28). The molecule has 1 aromatic carbocycles. The first kappa shape index (κ1) is 20.8. The molecule has 1 amide bonds. The summed E-state index contributed by atoms with van der Waals surface area (Å²) in [6.45, 7) is 6.24. The Morgan fingerprint density at radius 2 is 2.03 bits per heavy atom. The van der Waals surface area contributed by atoms with Gasteiger partial charge < -0.3 is 5.32 Å². The van der Waals surface area contributed by atoms with Gasteiger partial charge in [-0.2, -0.15) is 0 Å². The van der Waals surface area contributed by atoms with Crippen molar-refractivity contribution in [2.24, 2.45) is 11.8 Å². The number of benzene rings is 1. The molecule has 6 heteroatoms. The summed E-state index contributed by atoms with van der Waals surface area (Å²) in [5, 5.41) is 12.7. The van der Waals surface area contributed by atoms with Crippen LogP contribution >= 0.6 is 0 Å². The second kappa shape index (κ2) is 8.70. The molecule has 0 bridgehead atoms. The van der Waals surface area contributed by atoms with Crippen LogP contribution in [0.3, 0.4) is 0 Å². The molecule has 3 N–H and O–H groups in total. The van der Waals surface area contributed by atoms with Gasteiger partial charge in [-0.25, -0.2) is 9.87 Å². The second-order valence-corrected chi connectivity index (χ2v) is 9.55. The van der Waals surface area contributed by atoms with E-state index in [1.165, 1.54) is 38.2 Å². The lowest BCUT2D eigenvalue weighted by molar-refractivity contribution is 0.0704. The van der Waals surface area contributed by atoms with Gasteiger partial charge in [-0.15, -0.1) is 0 Å². The fourth-order valence-electron chi connectivity index (χ4n) is 5.53. The lowest BCUT2D eigenvalue weighted by Gasteiger charge is -2.42. The van der Waals surface area contributed by atoms with Crippen LogP contribution in [0.5, 0.6) is 0 Å². The first-order valence-corrected chi connectivity index (χ1v) is 11.2. The van der Waals surface area contributed by atoms with Crippen LogP contribution in [0.1, 0.15) is 73.9 Å². The average molecular weight is 404 g/mol. The molecule has 3 aliphatic rings. The highest BCUT2D eigenvalue weighted by Gasteiger charge is 2.34.